The molecule has 5 atom stereocenters. The molecule has 0 bridgehead atoms. The van der Waals surface area contributed by atoms with Crippen LogP contribution in [0.3, 0.4) is 0 Å². The van der Waals surface area contributed by atoms with E-state index in [1.807, 2.05) is 0 Å². The molecule has 0 aliphatic carbocycles. The van der Waals surface area contributed by atoms with Crippen LogP contribution in [0, 0.1) is 0 Å². The molecule has 0 heterocycles. The lowest BCUT2D eigenvalue weighted by atomic mass is 10.0. The van der Waals surface area contributed by atoms with Crippen molar-refractivity contribution in [3.63, 3.8) is 0 Å². The summed E-state index contributed by atoms with van der Waals surface area (Å²) in [5.74, 6) is -3.71. The second-order valence-electron chi connectivity index (χ2n) is 6.86. The Balaban J connectivity index is 2.80. The predicted molar refractivity (Wildman–Crippen MR) is 106 cm³/mol. The molecule has 8 N–H and O–H groups in total. The largest absolute Gasteiger partial charge is 0.480 e. The third-order valence-corrected chi connectivity index (χ3v) is 4.23. The Morgan fingerprint density at radius 3 is 2.07 bits per heavy atom. The second kappa shape index (κ2) is 11.9. The van der Waals surface area contributed by atoms with E-state index in [4.69, 9.17) is 10.8 Å². The van der Waals surface area contributed by atoms with Gasteiger partial charge in [0.15, 0.2) is 6.04 Å². The lowest BCUT2D eigenvalue weighted by Gasteiger charge is -2.22. The molecule has 30 heavy (non-hydrogen) atoms. The fourth-order valence-electron chi connectivity index (χ4n) is 2.45. The van der Waals surface area contributed by atoms with E-state index < -0.39 is 60.6 Å². The zero-order chi connectivity index (χ0) is 22.8. The van der Waals surface area contributed by atoms with Gasteiger partial charge in [-0.2, -0.15) is 0 Å². The van der Waals surface area contributed by atoms with Crippen LogP contribution in [0.1, 0.15) is 19.4 Å². The van der Waals surface area contributed by atoms with Crippen LogP contribution in [0.4, 0.5) is 0 Å². The van der Waals surface area contributed by atoms with Crippen LogP contribution >= 0.6 is 0 Å². The first-order valence-corrected chi connectivity index (χ1v) is 9.28. The molecule has 11 heteroatoms. The lowest BCUT2D eigenvalue weighted by Crippen LogP contribution is -2.56. The van der Waals surface area contributed by atoms with Crippen LogP contribution < -0.4 is 21.7 Å². The van der Waals surface area contributed by atoms with Crippen molar-refractivity contribution in [3.8, 4) is 0 Å². The highest BCUT2D eigenvalue weighted by Crippen LogP contribution is 2.04. The summed E-state index contributed by atoms with van der Waals surface area (Å²) in [6.07, 6.45) is -2.38. The molecular formula is C19H28N4O7. The number of nitrogens with two attached hydrogens (primary N) is 1. The molecule has 0 aliphatic heterocycles. The number of amides is 3. The van der Waals surface area contributed by atoms with E-state index in [1.165, 1.54) is 13.8 Å². The Bertz CT molecular complexity index is 740. The van der Waals surface area contributed by atoms with E-state index in [1.54, 1.807) is 30.3 Å². The summed E-state index contributed by atoms with van der Waals surface area (Å²) >= 11 is 0. The van der Waals surface area contributed by atoms with E-state index >= 15 is 0 Å². The van der Waals surface area contributed by atoms with Crippen LogP contribution in [0.2, 0.25) is 0 Å². The average Bonchev–Trinajstić information content (AvgIpc) is 2.69. The number of carbonyl (C=O) groups excluding carboxylic acids is 3. The van der Waals surface area contributed by atoms with Gasteiger partial charge in [0.25, 0.3) is 0 Å². The molecule has 0 saturated carbocycles. The zero-order valence-electron chi connectivity index (χ0n) is 16.7. The molecule has 1 rings (SSSR count). The number of hydrogen-bond acceptors (Lipinski definition) is 7. The van der Waals surface area contributed by atoms with Crippen molar-refractivity contribution < 1.29 is 34.5 Å². The molecule has 0 radical (unpaired) electrons. The SMILES string of the molecule is CC(O)C(N)C(=O)NC(Cc1ccccc1)C(=O)NCC(=O)NC(C(=O)O)C(C)O. The van der Waals surface area contributed by atoms with Gasteiger partial charge in [-0.15, -0.1) is 0 Å². The summed E-state index contributed by atoms with van der Waals surface area (Å²) < 4.78 is 0. The molecule has 0 aromatic heterocycles. The Morgan fingerprint density at radius 1 is 0.967 bits per heavy atom. The fraction of sp³-hybridized carbons (Fsp3) is 0.474. The summed E-state index contributed by atoms with van der Waals surface area (Å²) in [6.45, 7) is 1.97. The number of carbonyl (C=O) groups is 4. The number of nitrogens with one attached hydrogen (secondary N) is 3. The Kier molecular flexibility index (Phi) is 9.89. The van der Waals surface area contributed by atoms with Crippen molar-refractivity contribution in [2.24, 2.45) is 5.73 Å². The molecule has 1 aromatic rings. The predicted octanol–water partition coefficient (Wildman–Crippen LogP) is -2.51. The maximum atomic E-state index is 12.6. The summed E-state index contributed by atoms with van der Waals surface area (Å²) in [7, 11) is 0. The summed E-state index contributed by atoms with van der Waals surface area (Å²) in [6, 6.07) is 4.91. The molecule has 0 aliphatic rings. The smallest absolute Gasteiger partial charge is 0.328 e. The van der Waals surface area contributed by atoms with Crippen molar-refractivity contribution in [3.05, 3.63) is 35.9 Å². The highest BCUT2D eigenvalue weighted by Gasteiger charge is 2.28. The summed E-state index contributed by atoms with van der Waals surface area (Å²) in [4.78, 5) is 47.7. The average molecular weight is 424 g/mol. The van der Waals surface area contributed by atoms with Crippen LogP contribution in [-0.4, -0.2) is 75.9 Å². The van der Waals surface area contributed by atoms with Crippen molar-refractivity contribution in [1.82, 2.24) is 16.0 Å². The number of rotatable bonds is 11. The Morgan fingerprint density at radius 2 is 1.57 bits per heavy atom. The number of aliphatic hydroxyl groups is 2. The van der Waals surface area contributed by atoms with Crippen molar-refractivity contribution >= 4 is 23.7 Å². The molecule has 0 saturated heterocycles. The van der Waals surface area contributed by atoms with Crippen molar-refractivity contribution in [1.29, 1.82) is 0 Å². The van der Waals surface area contributed by atoms with E-state index in [0.29, 0.717) is 0 Å². The summed E-state index contributed by atoms with van der Waals surface area (Å²) in [5.41, 5.74) is 6.33. The first kappa shape index (κ1) is 25.0. The molecule has 5 unspecified atom stereocenters. The first-order chi connectivity index (χ1) is 14.0. The Labute approximate surface area is 173 Å². The lowest BCUT2D eigenvalue weighted by molar-refractivity contribution is -0.144. The van der Waals surface area contributed by atoms with Gasteiger partial charge in [-0.3, -0.25) is 14.4 Å². The number of carboxylic acid groups (broad SMARTS) is 1. The van der Waals surface area contributed by atoms with E-state index in [9.17, 15) is 29.4 Å². The monoisotopic (exact) mass is 424 g/mol. The maximum absolute atomic E-state index is 12.6. The van der Waals surface area contributed by atoms with Gasteiger partial charge >= 0.3 is 5.97 Å². The zero-order valence-corrected chi connectivity index (χ0v) is 16.7. The van der Waals surface area contributed by atoms with Crippen molar-refractivity contribution in [2.45, 2.75) is 50.6 Å². The normalized spacial score (nSPS) is 15.8. The molecule has 166 valence electrons. The standard InChI is InChI=1S/C19H28N4O7/c1-10(24)15(20)18(28)22-13(8-12-6-4-3-5-7-12)17(27)21-9-14(26)23-16(11(2)25)19(29)30/h3-7,10-11,13,15-16,24-25H,8-9,20H2,1-2H3,(H,21,27)(H,22,28)(H,23,26)(H,29,30). The third-order valence-electron chi connectivity index (χ3n) is 4.23. The van der Waals surface area contributed by atoms with Gasteiger partial charge in [0.1, 0.15) is 12.1 Å². The fourth-order valence-corrected chi connectivity index (χ4v) is 2.45. The molecule has 1 aromatic carbocycles. The first-order valence-electron chi connectivity index (χ1n) is 9.28. The van der Waals surface area contributed by atoms with Gasteiger partial charge in [-0.1, -0.05) is 30.3 Å². The van der Waals surface area contributed by atoms with Crippen LogP contribution in [0.5, 0.6) is 0 Å². The maximum Gasteiger partial charge on any atom is 0.328 e. The topological polar surface area (TPSA) is 191 Å². The minimum atomic E-state index is -1.53. The number of aliphatic hydroxyl groups excluding tert-OH is 2. The Hall–Kier alpha value is -3.02. The molecule has 11 nitrogen and oxygen atoms in total. The number of aliphatic carboxylic acids is 1. The molecule has 0 spiro atoms. The molecular weight excluding hydrogens is 396 g/mol. The van der Waals surface area contributed by atoms with E-state index in [-0.39, 0.29) is 6.42 Å². The van der Waals surface area contributed by atoms with Gasteiger partial charge in [-0.25, -0.2) is 4.79 Å². The second-order valence-corrected chi connectivity index (χ2v) is 6.86. The van der Waals surface area contributed by atoms with Gasteiger partial charge in [0.2, 0.25) is 17.7 Å². The van der Waals surface area contributed by atoms with Crippen LogP contribution in [0.15, 0.2) is 30.3 Å². The third kappa shape index (κ3) is 8.15. The number of carboxylic acids is 1. The van der Waals surface area contributed by atoms with E-state index in [2.05, 4.69) is 16.0 Å². The van der Waals surface area contributed by atoms with E-state index in [0.717, 1.165) is 5.56 Å². The number of benzene rings is 1. The minimum absolute atomic E-state index is 0.0952. The number of hydrogen-bond donors (Lipinski definition) is 7. The van der Waals surface area contributed by atoms with Crippen molar-refractivity contribution in [2.75, 3.05) is 6.54 Å². The van der Waals surface area contributed by atoms with Crippen LogP contribution in [0.25, 0.3) is 0 Å². The van der Waals surface area contributed by atoms with Gasteiger partial charge in [0, 0.05) is 6.42 Å². The quantitative estimate of drug-likeness (QED) is 0.202. The van der Waals surface area contributed by atoms with Gasteiger partial charge in [0.05, 0.1) is 18.8 Å². The van der Waals surface area contributed by atoms with Gasteiger partial charge < -0.3 is 37.0 Å². The van der Waals surface area contributed by atoms with Crippen LogP contribution in [-0.2, 0) is 25.6 Å². The summed E-state index contributed by atoms with van der Waals surface area (Å²) in [5, 5.41) is 34.7. The molecule has 3 amide bonds. The van der Waals surface area contributed by atoms with Gasteiger partial charge in [-0.05, 0) is 19.4 Å². The highest BCUT2D eigenvalue weighted by atomic mass is 16.4. The highest BCUT2D eigenvalue weighted by molar-refractivity contribution is 5.93. The molecule has 0 fully saturated rings. The minimum Gasteiger partial charge on any atom is -0.480 e.